The third kappa shape index (κ3) is 4.01. The van der Waals surface area contributed by atoms with Crippen LogP contribution in [0.4, 0.5) is 5.69 Å². The Morgan fingerprint density at radius 3 is 2.97 bits per heavy atom. The molecule has 0 bridgehead atoms. The lowest BCUT2D eigenvalue weighted by Crippen LogP contribution is -2.17. The molecule has 4 rings (SSSR count). The molecule has 1 unspecified atom stereocenters. The quantitative estimate of drug-likeness (QED) is 0.403. The van der Waals surface area contributed by atoms with Crippen molar-refractivity contribution in [3.63, 3.8) is 0 Å². The van der Waals surface area contributed by atoms with Crippen molar-refractivity contribution in [2.75, 3.05) is 17.7 Å². The van der Waals surface area contributed by atoms with E-state index < -0.39 is 6.23 Å². The van der Waals surface area contributed by atoms with E-state index in [1.165, 1.54) is 11.8 Å². The van der Waals surface area contributed by atoms with E-state index in [-0.39, 0.29) is 16.5 Å². The Labute approximate surface area is 183 Å². The molecule has 0 radical (unpaired) electrons. The third-order valence-corrected chi connectivity index (χ3v) is 5.44. The van der Waals surface area contributed by atoms with Gasteiger partial charge in [0.15, 0.2) is 23.4 Å². The average molecular weight is 443 g/mol. The van der Waals surface area contributed by atoms with Gasteiger partial charge in [-0.05, 0) is 25.1 Å². The maximum absolute atomic E-state index is 10.2. The van der Waals surface area contributed by atoms with Crippen LogP contribution >= 0.6 is 23.4 Å². The second kappa shape index (κ2) is 8.81. The van der Waals surface area contributed by atoms with Crippen molar-refractivity contribution >= 4 is 29.1 Å². The highest BCUT2D eigenvalue weighted by molar-refractivity contribution is 7.99. The Balaban J connectivity index is 1.80. The molecule has 0 fully saturated rings. The first kappa shape index (κ1) is 20.3. The first-order valence-electron chi connectivity index (χ1n) is 9.27. The van der Waals surface area contributed by atoms with Gasteiger partial charge in [0.2, 0.25) is 11.0 Å². The number of nitrogens with zero attached hydrogens (tertiary/aromatic N) is 3. The molecular formula is C21H19ClN4O3S. The van der Waals surface area contributed by atoms with Gasteiger partial charge in [0.25, 0.3) is 0 Å². The van der Waals surface area contributed by atoms with Crippen molar-refractivity contribution in [3.8, 4) is 28.6 Å². The smallest absolute Gasteiger partial charge is 0.247 e. The maximum atomic E-state index is 10.2. The zero-order valence-corrected chi connectivity index (χ0v) is 17.7. The molecule has 1 aromatic heterocycles. The molecule has 3 aromatic rings. The molecule has 2 heterocycles. The topological polar surface area (TPSA) is 89.4 Å². The van der Waals surface area contributed by atoms with Gasteiger partial charge in [-0.2, -0.15) is 4.98 Å². The fourth-order valence-corrected chi connectivity index (χ4v) is 3.74. The molecule has 154 valence electrons. The number of thioether (sulfide) groups is 1. The number of ether oxygens (including phenoxy) is 2. The van der Waals surface area contributed by atoms with Crippen LogP contribution in [0.5, 0.6) is 17.4 Å². The number of para-hydroxylation sites is 1. The highest BCUT2D eigenvalue weighted by Gasteiger charge is 2.27. The first-order chi connectivity index (χ1) is 14.6. The van der Waals surface area contributed by atoms with Crippen molar-refractivity contribution in [1.82, 2.24) is 15.2 Å². The Hall–Kier alpha value is -2.97. The van der Waals surface area contributed by atoms with Crippen LogP contribution < -0.4 is 14.8 Å². The average Bonchev–Trinajstić information content (AvgIpc) is 2.92. The maximum Gasteiger partial charge on any atom is 0.247 e. The van der Waals surface area contributed by atoms with Crippen LogP contribution in [-0.2, 0) is 0 Å². The number of rotatable bonds is 6. The number of phenolic OH excluding ortho intramolecular Hbond substituents is 1. The summed E-state index contributed by atoms with van der Waals surface area (Å²) in [5.74, 6) is 1.18. The minimum Gasteiger partial charge on any atom is -0.503 e. The van der Waals surface area contributed by atoms with E-state index in [0.29, 0.717) is 34.7 Å². The van der Waals surface area contributed by atoms with Crippen LogP contribution in [0, 0.1) is 0 Å². The van der Waals surface area contributed by atoms with Gasteiger partial charge in [0.1, 0.15) is 0 Å². The minimum absolute atomic E-state index is 0.108. The molecule has 1 aliphatic rings. The summed E-state index contributed by atoms with van der Waals surface area (Å²) in [6.45, 7) is 5.93. The van der Waals surface area contributed by atoms with Gasteiger partial charge in [0.05, 0.1) is 11.6 Å². The molecule has 30 heavy (non-hydrogen) atoms. The van der Waals surface area contributed by atoms with Gasteiger partial charge in [-0.25, -0.2) is 0 Å². The Morgan fingerprint density at radius 2 is 2.17 bits per heavy atom. The first-order valence-corrected chi connectivity index (χ1v) is 10.6. The van der Waals surface area contributed by atoms with Gasteiger partial charge in [-0.15, -0.1) is 16.8 Å². The number of nitrogens with one attached hydrogen (secondary N) is 1. The molecule has 7 nitrogen and oxygen atoms in total. The van der Waals surface area contributed by atoms with Crippen molar-refractivity contribution in [3.05, 3.63) is 59.6 Å². The number of hydrogen-bond acceptors (Lipinski definition) is 8. The number of halogens is 1. The molecule has 0 aliphatic carbocycles. The van der Waals surface area contributed by atoms with Gasteiger partial charge in [-0.3, -0.25) is 0 Å². The van der Waals surface area contributed by atoms with Gasteiger partial charge in [-0.1, -0.05) is 47.6 Å². The summed E-state index contributed by atoms with van der Waals surface area (Å²) in [6.07, 6.45) is 1.13. The summed E-state index contributed by atoms with van der Waals surface area (Å²) in [5, 5.41) is 22.8. The van der Waals surface area contributed by atoms with Crippen LogP contribution in [0.3, 0.4) is 0 Å². The van der Waals surface area contributed by atoms with Gasteiger partial charge < -0.3 is 19.9 Å². The Kier molecular flexibility index (Phi) is 5.96. The molecule has 0 amide bonds. The highest BCUT2D eigenvalue weighted by Crippen LogP contribution is 2.42. The van der Waals surface area contributed by atoms with E-state index in [1.807, 2.05) is 31.2 Å². The normalized spacial score (nSPS) is 14.5. The molecule has 2 N–H and O–H groups in total. The van der Waals surface area contributed by atoms with Crippen LogP contribution in [-0.4, -0.2) is 32.6 Å². The van der Waals surface area contributed by atoms with E-state index in [1.54, 1.807) is 18.2 Å². The zero-order chi connectivity index (χ0) is 21.1. The summed E-state index contributed by atoms with van der Waals surface area (Å²) >= 11 is 7.65. The SMILES string of the molecule is C=CCSc1nnc2c(n1)OC(c1cc(Cl)c(O)c(OCC)c1)Nc1ccccc1-2. The second-order valence-electron chi connectivity index (χ2n) is 6.32. The molecule has 1 aliphatic heterocycles. The largest absolute Gasteiger partial charge is 0.503 e. The molecular weight excluding hydrogens is 424 g/mol. The van der Waals surface area contributed by atoms with Crippen molar-refractivity contribution in [2.45, 2.75) is 18.3 Å². The number of phenols is 1. The number of aromatic nitrogens is 3. The van der Waals surface area contributed by atoms with Crippen molar-refractivity contribution < 1.29 is 14.6 Å². The van der Waals surface area contributed by atoms with Crippen LogP contribution in [0.15, 0.2) is 54.2 Å². The zero-order valence-electron chi connectivity index (χ0n) is 16.1. The summed E-state index contributed by atoms with van der Waals surface area (Å²) in [5.41, 5.74) is 2.84. The van der Waals surface area contributed by atoms with Crippen molar-refractivity contribution in [2.24, 2.45) is 0 Å². The fourth-order valence-electron chi connectivity index (χ4n) is 3.00. The lowest BCUT2D eigenvalue weighted by Gasteiger charge is -2.20. The lowest BCUT2D eigenvalue weighted by molar-refractivity contribution is 0.224. The second-order valence-corrected chi connectivity index (χ2v) is 7.71. The molecule has 0 saturated carbocycles. The number of anilines is 1. The predicted octanol–water partition coefficient (Wildman–Crippen LogP) is 5.08. The van der Waals surface area contributed by atoms with E-state index in [0.717, 1.165) is 11.3 Å². The predicted molar refractivity (Wildman–Crippen MR) is 117 cm³/mol. The fraction of sp³-hybridized carbons (Fsp3) is 0.190. The number of fused-ring (bicyclic) bond motifs is 3. The van der Waals surface area contributed by atoms with Crippen LogP contribution in [0.2, 0.25) is 5.02 Å². The molecule has 9 heteroatoms. The van der Waals surface area contributed by atoms with Gasteiger partial charge >= 0.3 is 0 Å². The third-order valence-electron chi connectivity index (χ3n) is 4.32. The number of hydrogen-bond donors (Lipinski definition) is 2. The monoisotopic (exact) mass is 442 g/mol. The molecule has 1 atom stereocenters. The summed E-state index contributed by atoms with van der Waals surface area (Å²) in [7, 11) is 0. The van der Waals surface area contributed by atoms with Gasteiger partial charge in [0, 0.05) is 22.6 Å². The summed E-state index contributed by atoms with van der Waals surface area (Å²) in [4.78, 5) is 4.55. The van der Waals surface area contributed by atoms with E-state index in [9.17, 15) is 5.11 Å². The molecule has 0 spiro atoms. The Bertz CT molecular complexity index is 1100. The minimum atomic E-state index is -0.640. The highest BCUT2D eigenvalue weighted by atomic mass is 35.5. The van der Waals surface area contributed by atoms with E-state index in [4.69, 9.17) is 21.1 Å². The van der Waals surface area contributed by atoms with Crippen LogP contribution in [0.25, 0.3) is 11.3 Å². The van der Waals surface area contributed by atoms with Crippen LogP contribution in [0.1, 0.15) is 18.7 Å². The van der Waals surface area contributed by atoms with Crippen molar-refractivity contribution in [1.29, 1.82) is 0 Å². The molecule has 0 saturated heterocycles. The standard InChI is InChI=1S/C21H19ClN4O3S/c1-3-9-30-21-24-20-17(25-26-21)13-7-5-6-8-15(13)23-19(29-20)12-10-14(22)18(27)16(11-12)28-4-2/h3,5-8,10-11,19,23,27H,1,4,9H2,2H3. The Morgan fingerprint density at radius 1 is 1.33 bits per heavy atom. The lowest BCUT2D eigenvalue weighted by atomic mass is 10.1. The number of aromatic hydroxyl groups is 1. The summed E-state index contributed by atoms with van der Waals surface area (Å²) in [6, 6.07) is 11.0. The van der Waals surface area contributed by atoms with E-state index >= 15 is 0 Å². The van der Waals surface area contributed by atoms with E-state index in [2.05, 4.69) is 27.1 Å². The number of benzene rings is 2. The summed E-state index contributed by atoms with van der Waals surface area (Å²) < 4.78 is 11.7. The molecule has 2 aromatic carbocycles.